The highest BCUT2D eigenvalue weighted by atomic mass is 16.2. The Labute approximate surface area is 175 Å². The van der Waals surface area contributed by atoms with Gasteiger partial charge in [-0.25, -0.2) is 0 Å². The predicted molar refractivity (Wildman–Crippen MR) is 115 cm³/mol. The molecule has 2 aromatic rings. The van der Waals surface area contributed by atoms with Gasteiger partial charge in [0.15, 0.2) is 0 Å². The molecule has 30 heavy (non-hydrogen) atoms. The summed E-state index contributed by atoms with van der Waals surface area (Å²) >= 11 is 0. The second kappa shape index (κ2) is 6.94. The lowest BCUT2D eigenvalue weighted by Crippen LogP contribution is -2.33. The molecule has 5 rings (SSSR count). The molecule has 2 bridgehead atoms. The van der Waals surface area contributed by atoms with Crippen molar-refractivity contribution < 1.29 is 14.4 Å². The standard InChI is InChI=1S/C25H24N2O3/c1-3-15-6-4-5-7-20(15)26-23(28)16-8-10-18(11-9-16)27-24(29)21-17-12-14(2)19(13-17)22(21)25(27)30/h4-12,17,19,21-22H,3,13H2,1-2H3,(H,26,28)/t17-,19+,21-,22-/m0/s1. The molecule has 0 spiro atoms. The summed E-state index contributed by atoms with van der Waals surface area (Å²) in [5, 5.41) is 2.95. The van der Waals surface area contributed by atoms with Crippen molar-refractivity contribution in [3.05, 3.63) is 71.3 Å². The molecule has 4 atom stereocenters. The number of aryl methyl sites for hydroxylation is 1. The van der Waals surface area contributed by atoms with E-state index in [-0.39, 0.29) is 41.4 Å². The molecule has 2 aliphatic carbocycles. The molecule has 1 saturated heterocycles. The van der Waals surface area contributed by atoms with E-state index in [1.165, 1.54) is 10.5 Å². The molecule has 5 nitrogen and oxygen atoms in total. The summed E-state index contributed by atoms with van der Waals surface area (Å²) in [6.45, 7) is 4.10. The molecule has 1 aliphatic heterocycles. The molecule has 1 saturated carbocycles. The van der Waals surface area contributed by atoms with Crippen molar-refractivity contribution in [2.45, 2.75) is 26.7 Å². The van der Waals surface area contributed by atoms with Crippen LogP contribution in [0.15, 0.2) is 60.2 Å². The van der Waals surface area contributed by atoms with Gasteiger partial charge in [0.25, 0.3) is 5.91 Å². The second-order valence-electron chi connectivity index (χ2n) is 8.49. The minimum absolute atomic E-state index is 0.0981. The van der Waals surface area contributed by atoms with Gasteiger partial charge in [0.05, 0.1) is 17.5 Å². The van der Waals surface area contributed by atoms with Gasteiger partial charge in [-0.1, -0.05) is 36.8 Å². The maximum Gasteiger partial charge on any atom is 0.255 e. The van der Waals surface area contributed by atoms with Crippen LogP contribution >= 0.6 is 0 Å². The van der Waals surface area contributed by atoms with Gasteiger partial charge in [-0.15, -0.1) is 0 Å². The highest BCUT2D eigenvalue weighted by Crippen LogP contribution is 2.55. The summed E-state index contributed by atoms with van der Waals surface area (Å²) in [4.78, 5) is 40.1. The molecule has 2 aromatic carbocycles. The lowest BCUT2D eigenvalue weighted by molar-refractivity contribution is -0.123. The third-order valence-electron chi connectivity index (χ3n) is 6.91. The minimum Gasteiger partial charge on any atom is -0.322 e. The van der Waals surface area contributed by atoms with Gasteiger partial charge in [0, 0.05) is 11.3 Å². The Morgan fingerprint density at radius 1 is 1.03 bits per heavy atom. The largest absolute Gasteiger partial charge is 0.322 e. The number of benzene rings is 2. The molecule has 1 heterocycles. The number of nitrogens with one attached hydrogen (secondary N) is 1. The Hall–Kier alpha value is -3.21. The van der Waals surface area contributed by atoms with E-state index in [0.717, 1.165) is 24.1 Å². The van der Waals surface area contributed by atoms with Crippen molar-refractivity contribution in [3.63, 3.8) is 0 Å². The Morgan fingerprint density at radius 2 is 1.73 bits per heavy atom. The first-order valence-corrected chi connectivity index (χ1v) is 10.5. The highest BCUT2D eigenvalue weighted by Gasteiger charge is 2.60. The summed E-state index contributed by atoms with van der Waals surface area (Å²) in [5.74, 6) is -0.471. The zero-order chi connectivity index (χ0) is 21.0. The van der Waals surface area contributed by atoms with Crippen molar-refractivity contribution >= 4 is 29.1 Å². The molecule has 152 valence electrons. The van der Waals surface area contributed by atoms with Crippen LogP contribution in [0.25, 0.3) is 0 Å². The quantitative estimate of drug-likeness (QED) is 0.618. The molecule has 1 N–H and O–H groups in total. The van der Waals surface area contributed by atoms with Gasteiger partial charge in [0.2, 0.25) is 11.8 Å². The van der Waals surface area contributed by atoms with Gasteiger partial charge >= 0.3 is 0 Å². The normalized spacial score (nSPS) is 26.7. The number of hydrogen-bond acceptors (Lipinski definition) is 3. The lowest BCUT2D eigenvalue weighted by Gasteiger charge is -2.19. The van der Waals surface area contributed by atoms with Crippen molar-refractivity contribution in [2.24, 2.45) is 23.7 Å². The first-order valence-electron chi connectivity index (χ1n) is 10.5. The van der Waals surface area contributed by atoms with Crippen LogP contribution in [0, 0.1) is 23.7 Å². The third kappa shape index (κ3) is 2.72. The molecule has 0 unspecified atom stereocenters. The fraction of sp³-hybridized carbons (Fsp3) is 0.320. The fourth-order valence-electron chi connectivity index (χ4n) is 5.44. The van der Waals surface area contributed by atoms with Crippen LogP contribution in [-0.2, 0) is 16.0 Å². The van der Waals surface area contributed by atoms with Crippen LogP contribution in [0.1, 0.15) is 36.2 Å². The average molecular weight is 400 g/mol. The molecule has 0 radical (unpaired) electrons. The number of para-hydroxylation sites is 1. The summed E-state index contributed by atoms with van der Waals surface area (Å²) in [5.41, 5.74) is 4.14. The van der Waals surface area contributed by atoms with Crippen molar-refractivity contribution in [1.29, 1.82) is 0 Å². The van der Waals surface area contributed by atoms with Crippen molar-refractivity contribution in [2.75, 3.05) is 10.2 Å². The average Bonchev–Trinajstić information content (AvgIpc) is 3.39. The van der Waals surface area contributed by atoms with Gasteiger partial charge in [0.1, 0.15) is 0 Å². The molecule has 3 amide bonds. The molecule has 3 aliphatic rings. The molecular formula is C25H24N2O3. The Kier molecular flexibility index (Phi) is 4.35. The van der Waals surface area contributed by atoms with E-state index < -0.39 is 0 Å². The number of nitrogens with zero attached hydrogens (tertiary/aromatic N) is 1. The summed E-state index contributed by atoms with van der Waals surface area (Å²) in [6, 6.07) is 14.5. The van der Waals surface area contributed by atoms with Crippen LogP contribution in [0.4, 0.5) is 11.4 Å². The number of fused-ring (bicyclic) bond motifs is 5. The second-order valence-corrected chi connectivity index (χ2v) is 8.49. The van der Waals surface area contributed by atoms with Crippen LogP contribution in [0.5, 0.6) is 0 Å². The van der Waals surface area contributed by atoms with E-state index in [0.29, 0.717) is 11.3 Å². The first-order chi connectivity index (χ1) is 14.5. The number of allylic oxidation sites excluding steroid dienone is 2. The van der Waals surface area contributed by atoms with E-state index in [2.05, 4.69) is 18.3 Å². The van der Waals surface area contributed by atoms with E-state index in [1.54, 1.807) is 24.3 Å². The van der Waals surface area contributed by atoms with Gasteiger partial charge in [-0.2, -0.15) is 0 Å². The van der Waals surface area contributed by atoms with Gasteiger partial charge < -0.3 is 5.32 Å². The van der Waals surface area contributed by atoms with Crippen LogP contribution in [-0.4, -0.2) is 17.7 Å². The third-order valence-corrected chi connectivity index (χ3v) is 6.91. The number of imide groups is 1. The molecule has 5 heteroatoms. The number of hydrogen-bond donors (Lipinski definition) is 1. The highest BCUT2D eigenvalue weighted by molar-refractivity contribution is 6.23. The Bertz CT molecular complexity index is 1090. The van der Waals surface area contributed by atoms with Crippen molar-refractivity contribution in [1.82, 2.24) is 0 Å². The molecule has 2 fully saturated rings. The first kappa shape index (κ1) is 18.8. The zero-order valence-electron chi connectivity index (χ0n) is 17.1. The maximum atomic E-state index is 13.1. The van der Waals surface area contributed by atoms with E-state index in [9.17, 15) is 14.4 Å². The molecule has 0 aromatic heterocycles. The number of anilines is 2. The number of amides is 3. The molecular weight excluding hydrogens is 376 g/mol. The summed E-state index contributed by atoms with van der Waals surface area (Å²) < 4.78 is 0. The smallest absolute Gasteiger partial charge is 0.255 e. The van der Waals surface area contributed by atoms with Gasteiger partial charge in [-0.3, -0.25) is 19.3 Å². The fourth-order valence-corrected chi connectivity index (χ4v) is 5.44. The number of carbonyl (C=O) groups is 3. The number of carbonyl (C=O) groups excluding carboxylic acids is 3. The maximum absolute atomic E-state index is 13.1. The van der Waals surface area contributed by atoms with Crippen LogP contribution in [0.3, 0.4) is 0 Å². The summed E-state index contributed by atoms with van der Waals surface area (Å²) in [6.07, 6.45) is 3.92. The SMILES string of the molecule is CCc1ccccc1NC(=O)c1ccc(N2C(=O)[C@@H]3[C@@H](C2=O)[C@H]2C=C(C)[C@H]3C2)cc1. The topological polar surface area (TPSA) is 66.5 Å². The van der Waals surface area contributed by atoms with Crippen LogP contribution in [0.2, 0.25) is 0 Å². The van der Waals surface area contributed by atoms with Gasteiger partial charge in [-0.05, 0) is 67.5 Å². The number of rotatable bonds is 4. The van der Waals surface area contributed by atoms with E-state index in [1.807, 2.05) is 31.2 Å². The van der Waals surface area contributed by atoms with Crippen molar-refractivity contribution in [3.8, 4) is 0 Å². The lowest BCUT2D eigenvalue weighted by atomic mass is 9.82. The minimum atomic E-state index is -0.222. The monoisotopic (exact) mass is 400 g/mol. The van der Waals surface area contributed by atoms with Crippen LogP contribution < -0.4 is 10.2 Å². The van der Waals surface area contributed by atoms with E-state index >= 15 is 0 Å². The Balaban J connectivity index is 1.35. The Morgan fingerprint density at radius 3 is 2.47 bits per heavy atom. The predicted octanol–water partition coefficient (Wildman–Crippen LogP) is 4.20. The zero-order valence-corrected chi connectivity index (χ0v) is 17.1. The summed E-state index contributed by atoms with van der Waals surface area (Å²) in [7, 11) is 0. The van der Waals surface area contributed by atoms with E-state index in [4.69, 9.17) is 0 Å².